The zero-order valence-corrected chi connectivity index (χ0v) is 21.4. The largest absolute Gasteiger partial charge is 0.459 e. The molecule has 5 nitrogen and oxygen atoms in total. The molecule has 1 amide bonds. The Kier molecular flexibility index (Phi) is 9.56. The lowest BCUT2D eigenvalue weighted by atomic mass is 9.76. The number of hydrogen-bond acceptors (Lipinski definition) is 4. The van der Waals surface area contributed by atoms with Gasteiger partial charge in [0, 0.05) is 12.5 Å². The highest BCUT2D eigenvalue weighted by Crippen LogP contribution is 2.34. The lowest BCUT2D eigenvalue weighted by molar-refractivity contribution is -0.160. The second-order valence-electron chi connectivity index (χ2n) is 11.3. The molecular weight excluding hydrogens is 424 g/mol. The van der Waals surface area contributed by atoms with Crippen LogP contribution >= 0.6 is 0 Å². The Morgan fingerprint density at radius 3 is 2.15 bits per heavy atom. The lowest BCUT2D eigenvalue weighted by Crippen LogP contribution is -2.46. The van der Waals surface area contributed by atoms with Crippen LogP contribution in [0.4, 0.5) is 0 Å². The summed E-state index contributed by atoms with van der Waals surface area (Å²) in [5, 5.41) is 9.14. The van der Waals surface area contributed by atoms with Crippen molar-refractivity contribution in [2.75, 3.05) is 13.1 Å². The highest BCUT2D eigenvalue weighted by Gasteiger charge is 2.35. The molecule has 2 aliphatic rings. The molecule has 2 aliphatic carbocycles. The van der Waals surface area contributed by atoms with Crippen molar-refractivity contribution < 1.29 is 14.3 Å². The zero-order valence-electron chi connectivity index (χ0n) is 21.4. The van der Waals surface area contributed by atoms with E-state index in [2.05, 4.69) is 6.07 Å². The number of carbonyl (C=O) groups is 2. The minimum Gasteiger partial charge on any atom is -0.459 e. The maximum Gasteiger partial charge on any atom is 0.326 e. The van der Waals surface area contributed by atoms with Crippen molar-refractivity contribution in [2.24, 2.45) is 17.8 Å². The maximum absolute atomic E-state index is 14.1. The summed E-state index contributed by atoms with van der Waals surface area (Å²) in [6, 6.07) is 9.78. The van der Waals surface area contributed by atoms with Gasteiger partial charge in [0.1, 0.15) is 12.1 Å². The number of esters is 1. The summed E-state index contributed by atoms with van der Waals surface area (Å²) in [4.78, 5) is 28.7. The molecule has 0 aliphatic heterocycles. The average molecular weight is 467 g/mol. The molecular formula is C29H42N2O3. The molecule has 2 fully saturated rings. The molecule has 0 saturated heterocycles. The second-order valence-corrected chi connectivity index (χ2v) is 11.3. The van der Waals surface area contributed by atoms with E-state index in [0.29, 0.717) is 30.4 Å². The summed E-state index contributed by atoms with van der Waals surface area (Å²) in [6.45, 7) is 6.29. The number of benzene rings is 1. The SMILES string of the molecule is CC(C)(C)OC(=O)CN(CC1CCCCC1)C(=O)[C@H](Cc1ccc(C#N)cc1)C1CCCCC1. The van der Waals surface area contributed by atoms with Gasteiger partial charge in [-0.25, -0.2) is 0 Å². The van der Waals surface area contributed by atoms with Crippen LogP contribution in [-0.2, 0) is 20.7 Å². The molecule has 0 spiro atoms. The minimum absolute atomic E-state index is 0.0309. The monoisotopic (exact) mass is 466 g/mol. The summed E-state index contributed by atoms with van der Waals surface area (Å²) >= 11 is 0. The molecule has 0 unspecified atom stereocenters. The van der Waals surface area contributed by atoms with Crippen LogP contribution in [0.3, 0.4) is 0 Å². The van der Waals surface area contributed by atoms with Crippen LogP contribution in [-0.4, -0.2) is 35.5 Å². The number of ether oxygens (including phenoxy) is 1. The average Bonchev–Trinajstić information content (AvgIpc) is 2.82. The number of nitriles is 1. The smallest absolute Gasteiger partial charge is 0.326 e. The Bertz CT molecular complexity index is 838. The zero-order chi connectivity index (χ0) is 24.6. The molecule has 2 saturated carbocycles. The van der Waals surface area contributed by atoms with E-state index in [4.69, 9.17) is 10.00 Å². The third kappa shape index (κ3) is 8.15. The van der Waals surface area contributed by atoms with Gasteiger partial charge in [0.05, 0.1) is 11.6 Å². The van der Waals surface area contributed by atoms with Crippen molar-refractivity contribution in [2.45, 2.75) is 97.0 Å². The number of hydrogen-bond donors (Lipinski definition) is 0. The van der Waals surface area contributed by atoms with Gasteiger partial charge in [0.2, 0.25) is 5.91 Å². The summed E-state index contributed by atoms with van der Waals surface area (Å²) in [7, 11) is 0. The lowest BCUT2D eigenvalue weighted by Gasteiger charge is -2.36. The van der Waals surface area contributed by atoms with Crippen LogP contribution in [0.1, 0.15) is 96.1 Å². The van der Waals surface area contributed by atoms with E-state index < -0.39 is 5.60 Å². The fourth-order valence-corrected chi connectivity index (χ4v) is 5.64. The molecule has 1 atom stereocenters. The van der Waals surface area contributed by atoms with Gasteiger partial charge in [0.25, 0.3) is 0 Å². The molecule has 5 heteroatoms. The molecule has 0 N–H and O–H groups in total. The van der Waals surface area contributed by atoms with Crippen LogP contribution in [0.15, 0.2) is 24.3 Å². The Hall–Kier alpha value is -2.35. The van der Waals surface area contributed by atoms with Gasteiger partial charge in [-0.3, -0.25) is 9.59 Å². The fourth-order valence-electron chi connectivity index (χ4n) is 5.64. The Morgan fingerprint density at radius 1 is 1.00 bits per heavy atom. The van der Waals surface area contributed by atoms with Gasteiger partial charge in [-0.15, -0.1) is 0 Å². The molecule has 0 radical (unpaired) electrons. The van der Waals surface area contributed by atoms with Gasteiger partial charge in [-0.1, -0.05) is 50.7 Å². The molecule has 1 aromatic rings. The van der Waals surface area contributed by atoms with Gasteiger partial charge < -0.3 is 9.64 Å². The highest BCUT2D eigenvalue weighted by atomic mass is 16.6. The standard InChI is InChI=1S/C29H42N2O3/c1-29(2,3)34-27(32)21-31(20-24-10-6-4-7-11-24)28(33)26(25-12-8-5-9-13-25)18-22-14-16-23(19-30)17-15-22/h14-17,24-26H,4-13,18,20-21H2,1-3H3/t26-/m1/s1. The molecule has 1 aromatic carbocycles. The third-order valence-electron chi connectivity index (χ3n) is 7.33. The number of amides is 1. The first-order valence-corrected chi connectivity index (χ1v) is 13.2. The number of carbonyl (C=O) groups excluding carboxylic acids is 2. The first kappa shape index (κ1) is 26.3. The quantitative estimate of drug-likeness (QED) is 0.437. The molecule has 0 bridgehead atoms. The highest BCUT2D eigenvalue weighted by molar-refractivity contribution is 5.84. The van der Waals surface area contributed by atoms with Gasteiger partial charge in [0.15, 0.2) is 0 Å². The van der Waals surface area contributed by atoms with E-state index >= 15 is 0 Å². The van der Waals surface area contributed by atoms with Crippen molar-refractivity contribution in [1.82, 2.24) is 4.90 Å². The van der Waals surface area contributed by atoms with Crippen LogP contribution in [0.2, 0.25) is 0 Å². The van der Waals surface area contributed by atoms with E-state index in [0.717, 1.165) is 44.1 Å². The minimum atomic E-state index is -0.568. The van der Waals surface area contributed by atoms with Crippen LogP contribution in [0.5, 0.6) is 0 Å². The second kappa shape index (κ2) is 12.4. The Labute approximate surface area is 205 Å². The normalized spacial score (nSPS) is 18.6. The van der Waals surface area contributed by atoms with Crippen LogP contribution in [0.25, 0.3) is 0 Å². The third-order valence-corrected chi connectivity index (χ3v) is 7.33. The molecule has 186 valence electrons. The van der Waals surface area contributed by atoms with Crippen molar-refractivity contribution in [3.63, 3.8) is 0 Å². The van der Waals surface area contributed by atoms with E-state index in [9.17, 15) is 9.59 Å². The van der Waals surface area contributed by atoms with Crippen molar-refractivity contribution in [3.05, 3.63) is 35.4 Å². The molecule has 34 heavy (non-hydrogen) atoms. The summed E-state index contributed by atoms with van der Waals surface area (Å²) in [5.41, 5.74) is 1.15. The van der Waals surface area contributed by atoms with E-state index in [1.54, 1.807) is 0 Å². The van der Waals surface area contributed by atoms with Gasteiger partial charge >= 0.3 is 5.97 Å². The van der Waals surface area contributed by atoms with E-state index in [-0.39, 0.29) is 24.3 Å². The summed E-state index contributed by atoms with van der Waals surface area (Å²) in [6.07, 6.45) is 12.3. The summed E-state index contributed by atoms with van der Waals surface area (Å²) in [5.74, 6) is 0.441. The molecule has 0 aromatic heterocycles. The number of rotatable bonds is 8. The Morgan fingerprint density at radius 2 is 1.59 bits per heavy atom. The Balaban J connectivity index is 1.82. The van der Waals surface area contributed by atoms with Crippen molar-refractivity contribution >= 4 is 11.9 Å². The molecule has 3 rings (SSSR count). The van der Waals surface area contributed by atoms with Gasteiger partial charge in [-0.05, 0) is 82.4 Å². The maximum atomic E-state index is 14.1. The van der Waals surface area contributed by atoms with Crippen LogP contribution < -0.4 is 0 Å². The van der Waals surface area contributed by atoms with Crippen molar-refractivity contribution in [1.29, 1.82) is 5.26 Å². The predicted molar refractivity (Wildman–Crippen MR) is 134 cm³/mol. The summed E-state index contributed by atoms with van der Waals surface area (Å²) < 4.78 is 5.61. The first-order chi connectivity index (χ1) is 16.2. The first-order valence-electron chi connectivity index (χ1n) is 13.2. The molecule has 0 heterocycles. The van der Waals surface area contributed by atoms with E-state index in [1.165, 1.54) is 25.7 Å². The van der Waals surface area contributed by atoms with Gasteiger partial charge in [-0.2, -0.15) is 5.26 Å². The number of nitrogens with zero attached hydrogens (tertiary/aromatic N) is 2. The van der Waals surface area contributed by atoms with Crippen molar-refractivity contribution in [3.8, 4) is 6.07 Å². The topological polar surface area (TPSA) is 70.4 Å². The fraction of sp³-hybridized carbons (Fsp3) is 0.690. The predicted octanol–water partition coefficient (Wildman–Crippen LogP) is 6.05. The van der Waals surface area contributed by atoms with E-state index in [1.807, 2.05) is 49.9 Å². The van der Waals surface area contributed by atoms with Crippen LogP contribution in [0, 0.1) is 29.1 Å².